The molecule has 1 amide bonds. The molecule has 1 rings (SSSR count). The van der Waals surface area contributed by atoms with Gasteiger partial charge in [0.05, 0.1) is 12.6 Å². The second kappa shape index (κ2) is 5.28. The van der Waals surface area contributed by atoms with Crippen molar-refractivity contribution in [1.82, 2.24) is 25.9 Å². The fourth-order valence-electron chi connectivity index (χ4n) is 0.863. The van der Waals surface area contributed by atoms with Gasteiger partial charge in [0.25, 0.3) is 0 Å². The molecule has 1 atom stereocenters. The molecule has 7 nitrogen and oxygen atoms in total. The Morgan fingerprint density at radius 1 is 1.71 bits per heavy atom. The molecule has 0 saturated carbocycles. The standard InChI is InChI=1S/C7H13N5O2/c1-5(13)2-3-7(14)8-4-6-9-11-12-10-6/h5,13H,2-4H2,1H3,(H,8,14)(H,9,10,11,12). The molecule has 0 aliphatic rings. The van der Waals surface area contributed by atoms with Crippen LogP contribution in [0.4, 0.5) is 0 Å². The van der Waals surface area contributed by atoms with Crippen molar-refractivity contribution in [1.29, 1.82) is 0 Å². The van der Waals surface area contributed by atoms with E-state index < -0.39 is 6.10 Å². The van der Waals surface area contributed by atoms with Crippen LogP contribution in [-0.2, 0) is 11.3 Å². The van der Waals surface area contributed by atoms with Crippen molar-refractivity contribution in [3.05, 3.63) is 5.82 Å². The maximum absolute atomic E-state index is 11.1. The van der Waals surface area contributed by atoms with Crippen LogP contribution in [0.3, 0.4) is 0 Å². The van der Waals surface area contributed by atoms with Crippen LogP contribution in [-0.4, -0.2) is 37.7 Å². The first-order valence-electron chi connectivity index (χ1n) is 4.35. The van der Waals surface area contributed by atoms with E-state index in [1.807, 2.05) is 0 Å². The molecule has 0 aromatic carbocycles. The predicted molar refractivity (Wildman–Crippen MR) is 46.9 cm³/mol. The van der Waals surface area contributed by atoms with Gasteiger partial charge in [0.2, 0.25) is 5.91 Å². The van der Waals surface area contributed by atoms with Gasteiger partial charge in [-0.3, -0.25) is 4.79 Å². The van der Waals surface area contributed by atoms with Gasteiger partial charge in [0.15, 0.2) is 5.82 Å². The number of aromatic amines is 1. The lowest BCUT2D eigenvalue weighted by atomic mass is 10.2. The molecule has 0 fully saturated rings. The van der Waals surface area contributed by atoms with Crippen molar-refractivity contribution in [3.8, 4) is 0 Å². The highest BCUT2D eigenvalue weighted by Crippen LogP contribution is 1.95. The first-order valence-corrected chi connectivity index (χ1v) is 4.35. The lowest BCUT2D eigenvalue weighted by molar-refractivity contribution is -0.121. The zero-order chi connectivity index (χ0) is 10.4. The minimum absolute atomic E-state index is 0.129. The van der Waals surface area contributed by atoms with E-state index in [0.29, 0.717) is 18.7 Å². The average Bonchev–Trinajstić information content (AvgIpc) is 2.63. The number of hydrogen-bond acceptors (Lipinski definition) is 5. The summed E-state index contributed by atoms with van der Waals surface area (Å²) in [7, 11) is 0. The third-order valence-corrected chi connectivity index (χ3v) is 1.62. The quantitative estimate of drug-likeness (QED) is 0.563. The van der Waals surface area contributed by atoms with Gasteiger partial charge >= 0.3 is 0 Å². The fraction of sp³-hybridized carbons (Fsp3) is 0.714. The number of aliphatic hydroxyl groups is 1. The van der Waals surface area contributed by atoms with E-state index >= 15 is 0 Å². The molecule has 0 aliphatic carbocycles. The number of rotatable bonds is 5. The number of hydrogen-bond donors (Lipinski definition) is 3. The summed E-state index contributed by atoms with van der Waals surface area (Å²) in [5.74, 6) is 0.311. The smallest absolute Gasteiger partial charge is 0.220 e. The van der Waals surface area contributed by atoms with Gasteiger partial charge in [-0.25, -0.2) is 0 Å². The summed E-state index contributed by atoms with van der Waals surface area (Å²) in [6.45, 7) is 1.90. The molecule has 7 heteroatoms. The molecule has 3 N–H and O–H groups in total. The van der Waals surface area contributed by atoms with E-state index in [9.17, 15) is 4.79 Å². The largest absolute Gasteiger partial charge is 0.393 e. The van der Waals surface area contributed by atoms with Crippen LogP contribution < -0.4 is 5.32 Å². The zero-order valence-corrected chi connectivity index (χ0v) is 7.90. The van der Waals surface area contributed by atoms with Crippen molar-refractivity contribution >= 4 is 5.91 Å². The Morgan fingerprint density at radius 2 is 2.50 bits per heavy atom. The van der Waals surface area contributed by atoms with Crippen LogP contribution in [0, 0.1) is 0 Å². The maximum atomic E-state index is 11.1. The number of H-pyrrole nitrogens is 1. The van der Waals surface area contributed by atoms with Gasteiger partial charge in [0, 0.05) is 6.42 Å². The van der Waals surface area contributed by atoms with Crippen LogP contribution in [0.2, 0.25) is 0 Å². The topological polar surface area (TPSA) is 104 Å². The van der Waals surface area contributed by atoms with Crippen molar-refractivity contribution in [3.63, 3.8) is 0 Å². The second-order valence-electron chi connectivity index (χ2n) is 2.99. The molecule has 0 spiro atoms. The summed E-state index contributed by atoms with van der Waals surface area (Å²) in [6.07, 6.45) is 0.305. The normalized spacial score (nSPS) is 12.4. The van der Waals surface area contributed by atoms with E-state index in [-0.39, 0.29) is 12.5 Å². The van der Waals surface area contributed by atoms with E-state index in [0.717, 1.165) is 0 Å². The Balaban J connectivity index is 2.15. The molecule has 1 heterocycles. The third kappa shape index (κ3) is 3.94. The van der Waals surface area contributed by atoms with Crippen molar-refractivity contribution < 1.29 is 9.90 Å². The Kier molecular flexibility index (Phi) is 3.99. The van der Waals surface area contributed by atoms with Gasteiger partial charge in [0.1, 0.15) is 0 Å². The number of amides is 1. The Hall–Kier alpha value is -1.50. The molecule has 14 heavy (non-hydrogen) atoms. The Labute approximate surface area is 80.9 Å². The highest BCUT2D eigenvalue weighted by molar-refractivity contribution is 5.75. The summed E-state index contributed by atoms with van der Waals surface area (Å²) in [5, 5.41) is 24.5. The summed E-state index contributed by atoms with van der Waals surface area (Å²) < 4.78 is 0. The Bertz CT molecular complexity index is 272. The van der Waals surface area contributed by atoms with Crippen LogP contribution >= 0.6 is 0 Å². The van der Waals surface area contributed by atoms with E-state index in [1.54, 1.807) is 6.92 Å². The number of aliphatic hydroxyl groups excluding tert-OH is 1. The minimum atomic E-state index is -0.453. The SMILES string of the molecule is CC(O)CCC(=O)NCc1nn[nH]n1. The molecule has 0 saturated heterocycles. The highest BCUT2D eigenvalue weighted by Gasteiger charge is 2.05. The van der Waals surface area contributed by atoms with Crippen LogP contribution in [0.25, 0.3) is 0 Å². The highest BCUT2D eigenvalue weighted by atomic mass is 16.3. The van der Waals surface area contributed by atoms with Gasteiger partial charge in [-0.2, -0.15) is 5.21 Å². The minimum Gasteiger partial charge on any atom is -0.393 e. The Morgan fingerprint density at radius 3 is 3.07 bits per heavy atom. The molecule has 78 valence electrons. The predicted octanol–water partition coefficient (Wildman–Crippen LogP) is -1.02. The molecular formula is C7H13N5O2. The fourth-order valence-corrected chi connectivity index (χ4v) is 0.863. The van der Waals surface area contributed by atoms with E-state index in [1.165, 1.54) is 0 Å². The van der Waals surface area contributed by atoms with E-state index in [4.69, 9.17) is 5.11 Å². The molecule has 0 aliphatic heterocycles. The summed E-state index contributed by atoms with van der Waals surface area (Å²) in [6, 6.07) is 0. The average molecular weight is 199 g/mol. The number of nitrogens with zero attached hydrogens (tertiary/aromatic N) is 3. The number of carbonyl (C=O) groups is 1. The molecule has 1 unspecified atom stereocenters. The van der Waals surface area contributed by atoms with Crippen molar-refractivity contribution in [2.45, 2.75) is 32.4 Å². The van der Waals surface area contributed by atoms with Crippen LogP contribution in [0.5, 0.6) is 0 Å². The number of nitrogens with one attached hydrogen (secondary N) is 2. The second-order valence-corrected chi connectivity index (χ2v) is 2.99. The summed E-state index contributed by atoms with van der Waals surface area (Å²) >= 11 is 0. The number of aromatic nitrogens is 4. The van der Waals surface area contributed by atoms with E-state index in [2.05, 4.69) is 25.9 Å². The zero-order valence-electron chi connectivity index (χ0n) is 7.90. The summed E-state index contributed by atoms with van der Waals surface area (Å²) in [5.41, 5.74) is 0. The first-order chi connectivity index (χ1) is 6.68. The maximum Gasteiger partial charge on any atom is 0.220 e. The van der Waals surface area contributed by atoms with Crippen molar-refractivity contribution in [2.24, 2.45) is 0 Å². The number of tetrazole rings is 1. The van der Waals surface area contributed by atoms with Crippen LogP contribution in [0.15, 0.2) is 0 Å². The van der Waals surface area contributed by atoms with Gasteiger partial charge in [-0.1, -0.05) is 5.21 Å². The molecule has 1 aromatic heterocycles. The van der Waals surface area contributed by atoms with Crippen molar-refractivity contribution in [2.75, 3.05) is 0 Å². The lowest BCUT2D eigenvalue weighted by Gasteiger charge is -2.03. The monoisotopic (exact) mass is 199 g/mol. The first kappa shape index (κ1) is 10.6. The lowest BCUT2D eigenvalue weighted by Crippen LogP contribution is -2.24. The third-order valence-electron chi connectivity index (χ3n) is 1.62. The number of carbonyl (C=O) groups excluding carboxylic acids is 1. The van der Waals surface area contributed by atoms with Crippen LogP contribution in [0.1, 0.15) is 25.6 Å². The van der Waals surface area contributed by atoms with Gasteiger partial charge < -0.3 is 10.4 Å². The molecule has 1 aromatic rings. The molecule has 0 bridgehead atoms. The van der Waals surface area contributed by atoms with Gasteiger partial charge in [-0.05, 0) is 13.3 Å². The summed E-state index contributed by atoms with van der Waals surface area (Å²) in [4.78, 5) is 11.1. The molecular weight excluding hydrogens is 186 g/mol. The van der Waals surface area contributed by atoms with Gasteiger partial charge in [-0.15, -0.1) is 10.2 Å². The molecule has 0 radical (unpaired) electrons.